The Hall–Kier alpha value is -2.24. The van der Waals surface area contributed by atoms with Crippen molar-refractivity contribution < 1.29 is 19.0 Å². The molecule has 1 aliphatic rings. The van der Waals surface area contributed by atoms with Crippen molar-refractivity contribution in [3.8, 4) is 11.5 Å². The maximum atomic E-state index is 12.6. The van der Waals surface area contributed by atoms with Gasteiger partial charge in [-0.3, -0.25) is 4.79 Å². The number of benzene rings is 2. The fraction of sp³-hybridized carbons (Fsp3) is 0.316. The molecule has 25 heavy (non-hydrogen) atoms. The van der Waals surface area contributed by atoms with E-state index in [4.69, 9.17) is 25.8 Å². The lowest BCUT2D eigenvalue weighted by Gasteiger charge is -2.27. The highest BCUT2D eigenvalue weighted by atomic mass is 35.5. The normalized spacial score (nSPS) is 14.2. The zero-order valence-corrected chi connectivity index (χ0v) is 14.8. The molecule has 0 aliphatic carbocycles. The zero-order chi connectivity index (χ0) is 17.6. The van der Waals surface area contributed by atoms with E-state index < -0.39 is 0 Å². The maximum Gasteiger partial charge on any atom is 0.254 e. The quantitative estimate of drug-likeness (QED) is 0.819. The van der Waals surface area contributed by atoms with Gasteiger partial charge in [0.05, 0.1) is 20.3 Å². The maximum absolute atomic E-state index is 12.6. The zero-order valence-electron chi connectivity index (χ0n) is 14.0. The number of nitrogens with zero attached hydrogens (tertiary/aromatic N) is 1. The van der Waals surface area contributed by atoms with Gasteiger partial charge in [-0.25, -0.2) is 0 Å². The molecule has 3 rings (SSSR count). The fourth-order valence-electron chi connectivity index (χ4n) is 2.69. The van der Waals surface area contributed by atoms with Crippen LogP contribution in [-0.4, -0.2) is 44.2 Å². The highest BCUT2D eigenvalue weighted by Crippen LogP contribution is 2.24. The molecular formula is C19H20ClNO4. The molecule has 2 aromatic carbocycles. The van der Waals surface area contributed by atoms with Gasteiger partial charge in [-0.2, -0.15) is 0 Å². The number of amides is 1. The number of hydrogen-bond donors (Lipinski definition) is 0. The molecule has 0 atom stereocenters. The van der Waals surface area contributed by atoms with Gasteiger partial charge in [-0.05, 0) is 36.4 Å². The summed E-state index contributed by atoms with van der Waals surface area (Å²) in [5, 5.41) is 0.612. The molecule has 132 valence electrons. The van der Waals surface area contributed by atoms with Crippen LogP contribution in [0.4, 0.5) is 0 Å². The van der Waals surface area contributed by atoms with Crippen LogP contribution in [0.25, 0.3) is 0 Å². The van der Waals surface area contributed by atoms with E-state index in [-0.39, 0.29) is 12.5 Å². The van der Waals surface area contributed by atoms with Crippen molar-refractivity contribution in [3.63, 3.8) is 0 Å². The largest absolute Gasteiger partial charge is 0.496 e. The topological polar surface area (TPSA) is 48.0 Å². The highest BCUT2D eigenvalue weighted by Gasteiger charge is 2.19. The Labute approximate surface area is 152 Å². The molecular weight excluding hydrogens is 342 g/mol. The van der Waals surface area contributed by atoms with Crippen molar-refractivity contribution in [3.05, 3.63) is 58.6 Å². The van der Waals surface area contributed by atoms with Crippen LogP contribution in [0.2, 0.25) is 5.02 Å². The molecule has 1 heterocycles. The van der Waals surface area contributed by atoms with E-state index in [1.807, 2.05) is 18.2 Å². The van der Waals surface area contributed by atoms with Crippen molar-refractivity contribution in [1.29, 1.82) is 0 Å². The molecule has 0 radical (unpaired) electrons. The third kappa shape index (κ3) is 4.44. The number of rotatable bonds is 5. The second-order valence-corrected chi connectivity index (χ2v) is 6.11. The monoisotopic (exact) mass is 361 g/mol. The van der Waals surface area contributed by atoms with E-state index in [9.17, 15) is 4.79 Å². The lowest BCUT2D eigenvalue weighted by molar-refractivity contribution is 0.0302. The third-order valence-corrected chi connectivity index (χ3v) is 4.25. The van der Waals surface area contributed by atoms with E-state index >= 15 is 0 Å². The Kier molecular flexibility index (Phi) is 5.79. The molecule has 1 amide bonds. The number of carbonyl (C=O) groups excluding carboxylic acids is 1. The first kappa shape index (κ1) is 17.6. The molecule has 1 fully saturated rings. The van der Waals surface area contributed by atoms with E-state index in [1.54, 1.807) is 36.3 Å². The Morgan fingerprint density at radius 2 is 2.00 bits per heavy atom. The van der Waals surface area contributed by atoms with Crippen LogP contribution in [0.1, 0.15) is 15.9 Å². The summed E-state index contributed by atoms with van der Waals surface area (Å²) in [7, 11) is 1.60. The van der Waals surface area contributed by atoms with Crippen LogP contribution in [0.3, 0.4) is 0 Å². The first-order valence-corrected chi connectivity index (χ1v) is 8.47. The molecule has 5 nitrogen and oxygen atoms in total. The second kappa shape index (κ2) is 8.23. The Morgan fingerprint density at radius 1 is 1.20 bits per heavy atom. The average Bonchev–Trinajstić information content (AvgIpc) is 2.66. The number of methoxy groups -OCH3 is 1. The first-order valence-electron chi connectivity index (χ1n) is 8.09. The summed E-state index contributed by atoms with van der Waals surface area (Å²) in [5.74, 6) is 1.34. The standard InChI is InChI=1S/C19H20ClNO4/c1-23-18-6-5-14(19(22)21-7-9-24-10-8-21)11-15(18)13-25-17-4-2-3-16(20)12-17/h2-6,11-12H,7-10,13H2,1H3. The molecule has 0 saturated carbocycles. The number of carbonyl (C=O) groups is 1. The SMILES string of the molecule is COc1ccc(C(=O)N2CCOCC2)cc1COc1cccc(Cl)c1. The molecule has 0 N–H and O–H groups in total. The second-order valence-electron chi connectivity index (χ2n) is 5.68. The Bertz CT molecular complexity index is 744. The van der Waals surface area contributed by atoms with Gasteiger partial charge >= 0.3 is 0 Å². The van der Waals surface area contributed by atoms with Crippen molar-refractivity contribution >= 4 is 17.5 Å². The summed E-state index contributed by atoms with van der Waals surface area (Å²) in [4.78, 5) is 14.4. The first-order chi connectivity index (χ1) is 12.2. The van der Waals surface area contributed by atoms with Crippen LogP contribution in [0, 0.1) is 0 Å². The predicted molar refractivity (Wildman–Crippen MR) is 95.5 cm³/mol. The molecule has 2 aromatic rings. The Balaban J connectivity index is 1.76. The fourth-order valence-corrected chi connectivity index (χ4v) is 2.87. The van der Waals surface area contributed by atoms with E-state index in [2.05, 4.69) is 0 Å². The van der Waals surface area contributed by atoms with Crippen LogP contribution < -0.4 is 9.47 Å². The lowest BCUT2D eigenvalue weighted by Crippen LogP contribution is -2.40. The molecule has 0 unspecified atom stereocenters. The van der Waals surface area contributed by atoms with Crippen molar-refractivity contribution in [2.24, 2.45) is 0 Å². The number of halogens is 1. The summed E-state index contributed by atoms with van der Waals surface area (Å²) >= 11 is 5.97. The molecule has 0 aromatic heterocycles. The minimum absolute atomic E-state index is 0.00467. The van der Waals surface area contributed by atoms with E-state index in [1.165, 1.54) is 0 Å². The number of hydrogen-bond acceptors (Lipinski definition) is 4. The van der Waals surface area contributed by atoms with Gasteiger partial charge in [0.1, 0.15) is 18.1 Å². The highest BCUT2D eigenvalue weighted by molar-refractivity contribution is 6.30. The minimum atomic E-state index is -0.00467. The van der Waals surface area contributed by atoms with E-state index in [0.717, 1.165) is 5.56 Å². The summed E-state index contributed by atoms with van der Waals surface area (Å²) in [6, 6.07) is 12.6. The van der Waals surface area contributed by atoms with Gasteiger partial charge in [-0.1, -0.05) is 17.7 Å². The minimum Gasteiger partial charge on any atom is -0.496 e. The summed E-state index contributed by atoms with van der Waals surface area (Å²) < 4.78 is 16.5. The van der Waals surface area contributed by atoms with Gasteiger partial charge in [0, 0.05) is 29.2 Å². The van der Waals surface area contributed by atoms with Gasteiger partial charge in [0.15, 0.2) is 0 Å². The van der Waals surface area contributed by atoms with Crippen LogP contribution >= 0.6 is 11.6 Å². The van der Waals surface area contributed by atoms with Gasteiger partial charge in [0.2, 0.25) is 0 Å². The Morgan fingerprint density at radius 3 is 2.72 bits per heavy atom. The van der Waals surface area contributed by atoms with Gasteiger partial charge in [-0.15, -0.1) is 0 Å². The van der Waals surface area contributed by atoms with Crippen molar-refractivity contribution in [1.82, 2.24) is 4.90 Å². The smallest absolute Gasteiger partial charge is 0.254 e. The van der Waals surface area contributed by atoms with Crippen LogP contribution in [-0.2, 0) is 11.3 Å². The number of morpholine rings is 1. The molecule has 6 heteroatoms. The van der Waals surface area contributed by atoms with E-state index in [0.29, 0.717) is 48.4 Å². The molecule has 0 spiro atoms. The van der Waals surface area contributed by atoms with Crippen LogP contribution in [0.5, 0.6) is 11.5 Å². The van der Waals surface area contributed by atoms with Gasteiger partial charge < -0.3 is 19.1 Å². The van der Waals surface area contributed by atoms with Crippen molar-refractivity contribution in [2.45, 2.75) is 6.61 Å². The average molecular weight is 362 g/mol. The molecule has 0 bridgehead atoms. The lowest BCUT2D eigenvalue weighted by atomic mass is 10.1. The molecule has 1 saturated heterocycles. The van der Waals surface area contributed by atoms with Crippen LogP contribution in [0.15, 0.2) is 42.5 Å². The predicted octanol–water partition coefficient (Wildman–Crippen LogP) is 3.40. The summed E-state index contributed by atoms with van der Waals surface area (Å²) in [5.41, 5.74) is 1.42. The van der Waals surface area contributed by atoms with Crippen molar-refractivity contribution in [2.75, 3.05) is 33.4 Å². The third-order valence-electron chi connectivity index (χ3n) is 4.02. The summed E-state index contributed by atoms with van der Waals surface area (Å²) in [6.07, 6.45) is 0. The number of ether oxygens (including phenoxy) is 3. The summed E-state index contributed by atoms with van der Waals surface area (Å²) in [6.45, 7) is 2.66. The molecule has 1 aliphatic heterocycles. The van der Waals surface area contributed by atoms with Gasteiger partial charge in [0.25, 0.3) is 5.91 Å².